The highest BCUT2D eigenvalue weighted by Crippen LogP contribution is 2.36. The van der Waals surface area contributed by atoms with Crippen LogP contribution in [0, 0.1) is 17.8 Å². The van der Waals surface area contributed by atoms with E-state index in [-0.39, 0.29) is 5.75 Å². The largest absolute Gasteiger partial charge is 0.418 e. The summed E-state index contributed by atoms with van der Waals surface area (Å²) in [7, 11) is 0. The SMILES string of the molecule is CCC1CCC(c2ccc(C(=O)Oc3ccc(F)nc3F)cc2)CC1. The maximum atomic E-state index is 13.5. The van der Waals surface area contributed by atoms with Crippen LogP contribution in [0.5, 0.6) is 5.75 Å². The second-order valence-corrected chi connectivity index (χ2v) is 6.56. The Morgan fingerprint density at radius 1 is 1.08 bits per heavy atom. The van der Waals surface area contributed by atoms with Crippen molar-refractivity contribution in [3.8, 4) is 5.75 Å². The summed E-state index contributed by atoms with van der Waals surface area (Å²) in [4.78, 5) is 15.1. The summed E-state index contributed by atoms with van der Waals surface area (Å²) < 4.78 is 31.2. The van der Waals surface area contributed by atoms with E-state index in [1.54, 1.807) is 12.1 Å². The molecule has 0 atom stereocenters. The lowest BCUT2D eigenvalue weighted by atomic mass is 9.78. The number of hydrogen-bond acceptors (Lipinski definition) is 3. The number of carbonyl (C=O) groups excluding carboxylic acids is 1. The maximum Gasteiger partial charge on any atom is 0.343 e. The van der Waals surface area contributed by atoms with E-state index >= 15 is 0 Å². The normalized spacial score (nSPS) is 20.3. The molecule has 0 saturated heterocycles. The zero-order valence-electron chi connectivity index (χ0n) is 14.2. The van der Waals surface area contributed by atoms with E-state index in [2.05, 4.69) is 11.9 Å². The molecule has 3 nitrogen and oxygen atoms in total. The number of benzene rings is 1. The molecule has 1 saturated carbocycles. The maximum absolute atomic E-state index is 13.5. The first-order chi connectivity index (χ1) is 12.1. The molecule has 0 radical (unpaired) electrons. The fraction of sp³-hybridized carbons (Fsp3) is 0.400. The second-order valence-electron chi connectivity index (χ2n) is 6.56. The summed E-state index contributed by atoms with van der Waals surface area (Å²) in [5.74, 6) is -1.80. The fourth-order valence-electron chi connectivity index (χ4n) is 3.43. The Kier molecular flexibility index (Phi) is 5.41. The van der Waals surface area contributed by atoms with Crippen LogP contribution in [0.2, 0.25) is 0 Å². The van der Waals surface area contributed by atoms with Gasteiger partial charge >= 0.3 is 5.97 Å². The van der Waals surface area contributed by atoms with Gasteiger partial charge in [0, 0.05) is 0 Å². The van der Waals surface area contributed by atoms with E-state index in [4.69, 9.17) is 4.74 Å². The number of hydrogen-bond donors (Lipinski definition) is 0. The highest BCUT2D eigenvalue weighted by molar-refractivity contribution is 5.91. The van der Waals surface area contributed by atoms with Gasteiger partial charge in [0.1, 0.15) is 0 Å². The lowest BCUT2D eigenvalue weighted by molar-refractivity contribution is 0.0725. The van der Waals surface area contributed by atoms with Crippen LogP contribution in [-0.4, -0.2) is 11.0 Å². The van der Waals surface area contributed by atoms with Gasteiger partial charge in [0.2, 0.25) is 5.95 Å². The van der Waals surface area contributed by atoms with Crippen LogP contribution in [0.1, 0.15) is 60.9 Å². The van der Waals surface area contributed by atoms with Crippen molar-refractivity contribution in [1.82, 2.24) is 4.98 Å². The van der Waals surface area contributed by atoms with E-state index in [9.17, 15) is 13.6 Å². The number of rotatable bonds is 4. The highest BCUT2D eigenvalue weighted by atomic mass is 19.1. The molecule has 0 spiro atoms. The number of esters is 1. The molecule has 3 rings (SSSR count). The third kappa shape index (κ3) is 4.21. The first kappa shape index (κ1) is 17.5. The Labute approximate surface area is 146 Å². The van der Waals surface area contributed by atoms with Gasteiger partial charge in [-0.25, -0.2) is 4.79 Å². The van der Waals surface area contributed by atoms with Crippen molar-refractivity contribution >= 4 is 5.97 Å². The molecule has 1 aliphatic rings. The number of ether oxygens (including phenoxy) is 1. The minimum Gasteiger partial charge on any atom is -0.418 e. The van der Waals surface area contributed by atoms with Crippen molar-refractivity contribution in [1.29, 1.82) is 0 Å². The number of halogens is 2. The number of nitrogens with zero attached hydrogens (tertiary/aromatic N) is 1. The summed E-state index contributed by atoms with van der Waals surface area (Å²) >= 11 is 0. The van der Waals surface area contributed by atoms with Crippen LogP contribution in [0.4, 0.5) is 8.78 Å². The minimum absolute atomic E-state index is 0.328. The van der Waals surface area contributed by atoms with E-state index in [0.29, 0.717) is 11.5 Å². The Hall–Kier alpha value is -2.30. The molecular weight excluding hydrogens is 324 g/mol. The molecule has 132 valence electrons. The zero-order chi connectivity index (χ0) is 17.8. The average Bonchev–Trinajstić information content (AvgIpc) is 2.64. The molecule has 0 aliphatic heterocycles. The zero-order valence-corrected chi connectivity index (χ0v) is 14.2. The topological polar surface area (TPSA) is 39.2 Å². The molecule has 0 unspecified atom stereocenters. The van der Waals surface area contributed by atoms with Gasteiger partial charge in [-0.1, -0.05) is 25.5 Å². The number of pyridine rings is 1. The van der Waals surface area contributed by atoms with E-state index in [1.807, 2.05) is 12.1 Å². The minimum atomic E-state index is -1.14. The van der Waals surface area contributed by atoms with Crippen LogP contribution in [0.3, 0.4) is 0 Å². The summed E-state index contributed by atoms with van der Waals surface area (Å²) in [5.41, 5.74) is 1.55. The number of carbonyl (C=O) groups is 1. The Morgan fingerprint density at radius 2 is 1.76 bits per heavy atom. The standard InChI is InChI=1S/C20H21F2NO2/c1-2-13-3-5-14(6-4-13)15-7-9-16(10-8-15)20(24)25-17-11-12-18(21)23-19(17)22/h7-14H,2-6H2,1H3. The first-order valence-corrected chi connectivity index (χ1v) is 8.71. The molecule has 1 aliphatic carbocycles. The second kappa shape index (κ2) is 7.72. The van der Waals surface area contributed by atoms with Gasteiger partial charge in [-0.05, 0) is 67.3 Å². The predicted molar refractivity (Wildman–Crippen MR) is 90.5 cm³/mol. The van der Waals surface area contributed by atoms with Crippen molar-refractivity contribution in [2.75, 3.05) is 0 Å². The van der Waals surface area contributed by atoms with Gasteiger partial charge in [-0.15, -0.1) is 0 Å². The smallest absolute Gasteiger partial charge is 0.343 e. The lowest BCUT2D eigenvalue weighted by Gasteiger charge is -2.28. The average molecular weight is 345 g/mol. The van der Waals surface area contributed by atoms with Gasteiger partial charge < -0.3 is 4.74 Å². The van der Waals surface area contributed by atoms with Gasteiger partial charge in [0.25, 0.3) is 5.95 Å². The first-order valence-electron chi connectivity index (χ1n) is 8.71. The fourth-order valence-corrected chi connectivity index (χ4v) is 3.43. The monoisotopic (exact) mass is 345 g/mol. The van der Waals surface area contributed by atoms with Crippen LogP contribution in [0.15, 0.2) is 36.4 Å². The molecule has 2 aromatic rings. The molecule has 1 aromatic carbocycles. The Morgan fingerprint density at radius 3 is 2.36 bits per heavy atom. The predicted octanol–water partition coefficient (Wildman–Crippen LogP) is 5.26. The molecule has 25 heavy (non-hydrogen) atoms. The molecule has 1 heterocycles. The Balaban J connectivity index is 1.64. The highest BCUT2D eigenvalue weighted by Gasteiger charge is 2.21. The Bertz CT molecular complexity index is 738. The quantitative estimate of drug-likeness (QED) is 0.560. The van der Waals surface area contributed by atoms with Crippen molar-refractivity contribution in [3.63, 3.8) is 0 Å². The van der Waals surface area contributed by atoms with Crippen LogP contribution >= 0.6 is 0 Å². The molecular formula is C20H21F2NO2. The summed E-state index contributed by atoms with van der Waals surface area (Å²) in [6.07, 6.45) is 6.10. The molecule has 1 aromatic heterocycles. The van der Waals surface area contributed by atoms with Gasteiger partial charge in [-0.3, -0.25) is 0 Å². The van der Waals surface area contributed by atoms with Gasteiger partial charge in [0.15, 0.2) is 5.75 Å². The van der Waals surface area contributed by atoms with E-state index < -0.39 is 17.9 Å². The van der Waals surface area contributed by atoms with Crippen molar-refractivity contribution < 1.29 is 18.3 Å². The van der Waals surface area contributed by atoms with Crippen molar-refractivity contribution in [2.45, 2.75) is 44.9 Å². The van der Waals surface area contributed by atoms with E-state index in [1.165, 1.54) is 37.7 Å². The third-order valence-corrected chi connectivity index (χ3v) is 5.03. The van der Waals surface area contributed by atoms with Crippen molar-refractivity contribution in [2.24, 2.45) is 5.92 Å². The molecule has 5 heteroatoms. The molecule has 0 amide bonds. The summed E-state index contributed by atoms with van der Waals surface area (Å²) in [5, 5.41) is 0. The van der Waals surface area contributed by atoms with Gasteiger partial charge in [-0.2, -0.15) is 13.8 Å². The summed E-state index contributed by atoms with van der Waals surface area (Å²) in [6.45, 7) is 2.24. The third-order valence-electron chi connectivity index (χ3n) is 5.03. The molecule has 0 N–H and O–H groups in total. The van der Waals surface area contributed by atoms with Crippen LogP contribution < -0.4 is 4.74 Å². The van der Waals surface area contributed by atoms with Crippen LogP contribution in [0.25, 0.3) is 0 Å². The van der Waals surface area contributed by atoms with Crippen molar-refractivity contribution in [3.05, 3.63) is 59.4 Å². The molecule has 1 fully saturated rings. The summed E-state index contributed by atoms with van der Waals surface area (Å²) in [6, 6.07) is 9.26. The molecule has 0 bridgehead atoms. The van der Waals surface area contributed by atoms with Crippen LogP contribution in [-0.2, 0) is 0 Å². The lowest BCUT2D eigenvalue weighted by Crippen LogP contribution is -2.13. The van der Waals surface area contributed by atoms with Gasteiger partial charge in [0.05, 0.1) is 5.56 Å². The number of aromatic nitrogens is 1. The van der Waals surface area contributed by atoms with E-state index in [0.717, 1.165) is 18.1 Å².